The van der Waals surface area contributed by atoms with E-state index in [1.807, 2.05) is 0 Å². The Hall–Kier alpha value is -2.27. The predicted octanol–water partition coefficient (Wildman–Crippen LogP) is 6.76. The average Bonchev–Trinajstić information content (AvgIpc) is 3.08. The summed E-state index contributed by atoms with van der Waals surface area (Å²) < 4.78 is 12.2. The van der Waals surface area contributed by atoms with E-state index in [0.717, 1.165) is 17.9 Å². The van der Waals surface area contributed by atoms with Crippen LogP contribution in [0.5, 0.6) is 11.5 Å². The van der Waals surface area contributed by atoms with Gasteiger partial charge in [-0.2, -0.15) is 0 Å². The van der Waals surface area contributed by atoms with E-state index in [1.54, 1.807) is 14.2 Å². The number of ether oxygens (including phenoxy) is 2. The first-order chi connectivity index (χ1) is 14.0. The minimum atomic E-state index is -0.170. The topological polar surface area (TPSA) is 18.5 Å². The molecule has 1 atom stereocenters. The third-order valence-corrected chi connectivity index (χ3v) is 6.73. The summed E-state index contributed by atoms with van der Waals surface area (Å²) in [5, 5.41) is 0. The van der Waals surface area contributed by atoms with Gasteiger partial charge in [-0.3, -0.25) is 0 Å². The number of rotatable bonds is 5. The first-order valence-electron chi connectivity index (χ1n) is 9.85. The lowest BCUT2D eigenvalue weighted by Gasteiger charge is -2.30. The first-order valence-corrected chi connectivity index (χ1v) is 10.9. The van der Waals surface area contributed by atoms with E-state index < -0.39 is 0 Å². The number of methoxy groups -OCH3 is 2. The number of fused-ring (bicyclic) bond motifs is 1. The fraction of sp³-hybridized carbons (Fsp3) is 0.231. The molecule has 0 bridgehead atoms. The van der Waals surface area contributed by atoms with Gasteiger partial charge in [0.2, 0.25) is 0 Å². The predicted molar refractivity (Wildman–Crippen MR) is 128 cm³/mol. The number of allylic oxidation sites excluding steroid dienone is 1. The highest BCUT2D eigenvalue weighted by Gasteiger charge is 2.39. The van der Waals surface area contributed by atoms with Crippen molar-refractivity contribution in [1.29, 1.82) is 0 Å². The number of benzene rings is 3. The van der Waals surface area contributed by atoms with E-state index in [1.165, 1.54) is 37.0 Å². The Kier molecular flexibility index (Phi) is 5.43. The number of hydrogen-bond acceptors (Lipinski definition) is 2. The molecule has 148 valence electrons. The van der Waals surface area contributed by atoms with E-state index in [2.05, 4.69) is 103 Å². The zero-order valence-corrected chi connectivity index (χ0v) is 19.4. The summed E-state index contributed by atoms with van der Waals surface area (Å²) in [6, 6.07) is 21.7. The van der Waals surface area contributed by atoms with Gasteiger partial charge in [0.1, 0.15) is 11.5 Å². The van der Waals surface area contributed by atoms with Gasteiger partial charge in [0.05, 0.1) is 14.2 Å². The van der Waals surface area contributed by atoms with Crippen molar-refractivity contribution in [3.63, 3.8) is 0 Å². The molecule has 3 aromatic carbocycles. The van der Waals surface area contributed by atoms with Crippen molar-refractivity contribution in [3.8, 4) is 11.5 Å². The number of aryl methyl sites for hydroxylation is 1. The van der Waals surface area contributed by atoms with Gasteiger partial charge in [0.15, 0.2) is 0 Å². The third kappa shape index (κ3) is 3.35. The zero-order chi connectivity index (χ0) is 20.6. The Labute approximate surface area is 186 Å². The van der Waals surface area contributed by atoms with Crippen LogP contribution in [0.1, 0.15) is 41.2 Å². The third-order valence-electron chi connectivity index (χ3n) is 6.02. The molecule has 0 aromatic heterocycles. The molecule has 0 aliphatic heterocycles. The van der Waals surface area contributed by atoms with Gasteiger partial charge in [-0.15, -0.1) is 0 Å². The zero-order valence-electron chi connectivity index (χ0n) is 17.3. The maximum Gasteiger partial charge on any atom is 0.119 e. The SMILES string of the molecule is CCC1(c2ccc(OC)cc2C)C=C(c2ccc(I)cc2)c2cc(OC)ccc21. The molecule has 0 fully saturated rings. The van der Waals surface area contributed by atoms with Gasteiger partial charge in [0, 0.05) is 8.99 Å². The molecule has 29 heavy (non-hydrogen) atoms. The van der Waals surface area contributed by atoms with E-state index in [-0.39, 0.29) is 5.41 Å². The van der Waals surface area contributed by atoms with Crippen LogP contribution in [0.2, 0.25) is 0 Å². The molecule has 2 nitrogen and oxygen atoms in total. The second-order valence-corrected chi connectivity index (χ2v) is 8.73. The lowest BCUT2D eigenvalue weighted by molar-refractivity contribution is 0.413. The molecule has 1 unspecified atom stereocenters. The summed E-state index contributed by atoms with van der Waals surface area (Å²) in [5.41, 5.74) is 7.50. The van der Waals surface area contributed by atoms with Crippen LogP contribution in [0, 0.1) is 10.5 Å². The quantitative estimate of drug-likeness (QED) is 0.364. The van der Waals surface area contributed by atoms with Crippen LogP contribution in [0.15, 0.2) is 66.7 Å². The summed E-state index contributed by atoms with van der Waals surface area (Å²) in [6.07, 6.45) is 3.43. The highest BCUT2D eigenvalue weighted by molar-refractivity contribution is 14.1. The molecule has 1 aliphatic rings. The molecule has 4 rings (SSSR count). The summed E-state index contributed by atoms with van der Waals surface area (Å²) in [7, 11) is 3.45. The molecule has 0 amide bonds. The monoisotopic (exact) mass is 496 g/mol. The molecular weight excluding hydrogens is 471 g/mol. The number of halogens is 1. The molecule has 0 N–H and O–H groups in total. The van der Waals surface area contributed by atoms with Crippen LogP contribution >= 0.6 is 22.6 Å². The van der Waals surface area contributed by atoms with Crippen molar-refractivity contribution >= 4 is 28.2 Å². The van der Waals surface area contributed by atoms with Gasteiger partial charge in [-0.1, -0.05) is 37.3 Å². The molecule has 0 heterocycles. The second-order valence-electron chi connectivity index (χ2n) is 7.48. The van der Waals surface area contributed by atoms with Crippen LogP contribution in [-0.2, 0) is 5.41 Å². The summed E-state index contributed by atoms with van der Waals surface area (Å²) in [6.45, 7) is 4.44. The summed E-state index contributed by atoms with van der Waals surface area (Å²) in [4.78, 5) is 0. The maximum absolute atomic E-state index is 5.56. The van der Waals surface area contributed by atoms with Crippen LogP contribution in [0.25, 0.3) is 5.57 Å². The normalized spacial score (nSPS) is 17.6. The van der Waals surface area contributed by atoms with Crippen LogP contribution in [0.4, 0.5) is 0 Å². The summed E-state index contributed by atoms with van der Waals surface area (Å²) >= 11 is 2.35. The molecular formula is C26H25IO2. The van der Waals surface area contributed by atoms with Crippen molar-refractivity contribution < 1.29 is 9.47 Å². The van der Waals surface area contributed by atoms with Crippen LogP contribution < -0.4 is 9.47 Å². The van der Waals surface area contributed by atoms with E-state index in [4.69, 9.17) is 9.47 Å². The van der Waals surface area contributed by atoms with Crippen LogP contribution in [0.3, 0.4) is 0 Å². The van der Waals surface area contributed by atoms with Crippen molar-refractivity contribution in [2.75, 3.05) is 14.2 Å². The molecule has 0 saturated carbocycles. The van der Waals surface area contributed by atoms with Gasteiger partial charge < -0.3 is 9.47 Å². The Balaban J connectivity index is 1.98. The largest absolute Gasteiger partial charge is 0.497 e. The molecule has 1 aliphatic carbocycles. The Morgan fingerprint density at radius 2 is 1.45 bits per heavy atom. The lowest BCUT2D eigenvalue weighted by atomic mass is 9.72. The van der Waals surface area contributed by atoms with Gasteiger partial charge in [-0.25, -0.2) is 0 Å². The van der Waals surface area contributed by atoms with E-state index >= 15 is 0 Å². The van der Waals surface area contributed by atoms with Crippen molar-refractivity contribution in [3.05, 3.63) is 98.1 Å². The lowest BCUT2D eigenvalue weighted by Crippen LogP contribution is -2.23. The number of hydrogen-bond donors (Lipinski definition) is 0. The molecule has 3 aromatic rings. The minimum Gasteiger partial charge on any atom is -0.497 e. The maximum atomic E-state index is 5.56. The smallest absolute Gasteiger partial charge is 0.119 e. The van der Waals surface area contributed by atoms with Gasteiger partial charge in [-0.05, 0) is 106 Å². The second kappa shape index (κ2) is 7.86. The van der Waals surface area contributed by atoms with Crippen molar-refractivity contribution in [2.24, 2.45) is 0 Å². The van der Waals surface area contributed by atoms with Crippen LogP contribution in [-0.4, -0.2) is 14.2 Å². The fourth-order valence-corrected chi connectivity index (χ4v) is 4.86. The summed E-state index contributed by atoms with van der Waals surface area (Å²) in [5.74, 6) is 1.78. The van der Waals surface area contributed by atoms with Crippen molar-refractivity contribution in [1.82, 2.24) is 0 Å². The van der Waals surface area contributed by atoms with Gasteiger partial charge >= 0.3 is 0 Å². The first kappa shape index (κ1) is 20.0. The minimum absolute atomic E-state index is 0.170. The van der Waals surface area contributed by atoms with Gasteiger partial charge in [0.25, 0.3) is 0 Å². The molecule has 0 spiro atoms. The standard InChI is InChI=1S/C26H25IO2/c1-5-26(24-12-10-20(28-3)14-17(24)2)16-23(18-6-8-19(27)9-7-18)22-15-21(29-4)11-13-25(22)26/h6-16H,5H2,1-4H3. The Morgan fingerprint density at radius 1 is 0.828 bits per heavy atom. The average molecular weight is 496 g/mol. The van der Waals surface area contributed by atoms with Crippen molar-refractivity contribution in [2.45, 2.75) is 25.7 Å². The fourth-order valence-electron chi connectivity index (χ4n) is 4.50. The molecule has 0 radical (unpaired) electrons. The molecule has 0 saturated heterocycles. The highest BCUT2D eigenvalue weighted by atomic mass is 127. The highest BCUT2D eigenvalue weighted by Crippen LogP contribution is 2.51. The molecule has 3 heteroatoms. The Bertz CT molecular complexity index is 1080. The van der Waals surface area contributed by atoms with E-state index in [0.29, 0.717) is 0 Å². The Morgan fingerprint density at radius 3 is 2.03 bits per heavy atom. The van der Waals surface area contributed by atoms with E-state index in [9.17, 15) is 0 Å².